The van der Waals surface area contributed by atoms with Gasteiger partial charge in [-0.15, -0.1) is 0 Å². The van der Waals surface area contributed by atoms with Gasteiger partial charge in [0.05, 0.1) is 29.5 Å². The Balaban J connectivity index is 1.95. The highest BCUT2D eigenvalue weighted by Gasteiger charge is 2.13. The molecule has 0 aliphatic rings. The summed E-state index contributed by atoms with van der Waals surface area (Å²) in [5.74, 6) is -1.04. The zero-order valence-corrected chi connectivity index (χ0v) is 14.4. The number of rotatable bonds is 6. The molecule has 3 rings (SSSR count). The number of hydrogen-bond acceptors (Lipinski definition) is 5. The number of fused-ring (bicyclic) bond motifs is 1. The molecule has 0 saturated heterocycles. The molecule has 1 heterocycles. The summed E-state index contributed by atoms with van der Waals surface area (Å²) in [5.41, 5.74) is 2.77. The molecule has 1 atom stereocenters. The summed E-state index contributed by atoms with van der Waals surface area (Å²) in [7, 11) is 0. The SMILES string of the molecule is O=C(O)c1cc(-c2ccc(NCC(O)CO)cc2)nc2ccc(Cl)cc12. The third-order valence-corrected chi connectivity index (χ3v) is 4.17. The minimum Gasteiger partial charge on any atom is -0.478 e. The Bertz CT molecular complexity index is 944. The first-order valence-electron chi connectivity index (χ1n) is 7.95. The van der Waals surface area contributed by atoms with E-state index < -0.39 is 12.1 Å². The molecule has 1 aromatic heterocycles. The van der Waals surface area contributed by atoms with E-state index in [9.17, 15) is 15.0 Å². The summed E-state index contributed by atoms with van der Waals surface area (Å²) in [6.07, 6.45) is -0.832. The Morgan fingerprint density at radius 2 is 1.88 bits per heavy atom. The lowest BCUT2D eigenvalue weighted by atomic mass is 10.0. The summed E-state index contributed by atoms with van der Waals surface area (Å²) in [5, 5.41) is 31.6. The van der Waals surface area contributed by atoms with Crippen molar-refractivity contribution in [2.75, 3.05) is 18.5 Å². The van der Waals surface area contributed by atoms with Crippen molar-refractivity contribution in [2.24, 2.45) is 0 Å². The number of carboxylic acid groups (broad SMARTS) is 1. The lowest BCUT2D eigenvalue weighted by Crippen LogP contribution is -2.22. The number of anilines is 1. The number of carboxylic acids is 1. The highest BCUT2D eigenvalue weighted by molar-refractivity contribution is 6.31. The summed E-state index contributed by atoms with van der Waals surface area (Å²) in [6.45, 7) is -0.0813. The molecule has 0 aliphatic carbocycles. The average molecular weight is 373 g/mol. The first-order valence-corrected chi connectivity index (χ1v) is 8.32. The van der Waals surface area contributed by atoms with Gasteiger partial charge in [0.25, 0.3) is 0 Å². The van der Waals surface area contributed by atoms with E-state index in [0.29, 0.717) is 21.6 Å². The number of benzene rings is 2. The molecule has 0 saturated carbocycles. The van der Waals surface area contributed by atoms with Gasteiger partial charge in [0.2, 0.25) is 0 Å². The van der Waals surface area contributed by atoms with Crippen LogP contribution in [0.15, 0.2) is 48.5 Å². The molecular weight excluding hydrogens is 356 g/mol. The highest BCUT2D eigenvalue weighted by Crippen LogP contribution is 2.27. The summed E-state index contributed by atoms with van der Waals surface area (Å²) in [4.78, 5) is 16.1. The van der Waals surface area contributed by atoms with E-state index in [1.807, 2.05) is 12.1 Å². The van der Waals surface area contributed by atoms with Gasteiger partial charge in [-0.05, 0) is 36.4 Å². The van der Waals surface area contributed by atoms with Gasteiger partial charge in [0.1, 0.15) is 0 Å². The molecule has 0 amide bonds. The van der Waals surface area contributed by atoms with Crippen LogP contribution in [0.2, 0.25) is 5.02 Å². The fraction of sp³-hybridized carbons (Fsp3) is 0.158. The number of nitrogens with one attached hydrogen (secondary N) is 1. The Labute approximate surface area is 154 Å². The van der Waals surface area contributed by atoms with Gasteiger partial charge in [-0.2, -0.15) is 0 Å². The molecule has 6 nitrogen and oxygen atoms in total. The van der Waals surface area contributed by atoms with E-state index in [0.717, 1.165) is 11.3 Å². The number of carbonyl (C=O) groups is 1. The lowest BCUT2D eigenvalue weighted by molar-refractivity contribution is 0.0699. The Morgan fingerprint density at radius 1 is 1.15 bits per heavy atom. The standard InChI is InChI=1S/C19H17ClN2O4/c20-12-3-6-17-15(7-12)16(19(25)26)8-18(22-17)11-1-4-13(5-2-11)21-9-14(24)10-23/h1-8,14,21,23-24H,9-10H2,(H,25,26). The van der Waals surface area contributed by atoms with E-state index in [4.69, 9.17) is 16.7 Å². The zero-order chi connectivity index (χ0) is 18.7. The lowest BCUT2D eigenvalue weighted by Gasteiger charge is -2.11. The Hall–Kier alpha value is -2.67. The first-order chi connectivity index (χ1) is 12.5. The van der Waals surface area contributed by atoms with Gasteiger partial charge in [0.15, 0.2) is 0 Å². The first kappa shape index (κ1) is 18.1. The minimum absolute atomic E-state index is 0.140. The van der Waals surface area contributed by atoms with Gasteiger partial charge >= 0.3 is 5.97 Å². The van der Waals surface area contributed by atoms with Crippen molar-refractivity contribution in [3.63, 3.8) is 0 Å². The van der Waals surface area contributed by atoms with Crippen LogP contribution in [0.5, 0.6) is 0 Å². The highest BCUT2D eigenvalue weighted by atomic mass is 35.5. The van der Waals surface area contributed by atoms with Crippen molar-refractivity contribution in [3.05, 3.63) is 59.1 Å². The molecule has 0 radical (unpaired) electrons. The summed E-state index contributed by atoms with van der Waals surface area (Å²) >= 11 is 5.97. The zero-order valence-electron chi connectivity index (χ0n) is 13.7. The average Bonchev–Trinajstić information content (AvgIpc) is 2.65. The number of halogens is 1. The molecule has 1 unspecified atom stereocenters. The van der Waals surface area contributed by atoms with Crippen LogP contribution in [-0.4, -0.2) is 45.5 Å². The van der Waals surface area contributed by atoms with E-state index in [-0.39, 0.29) is 18.7 Å². The number of aromatic nitrogens is 1. The molecule has 7 heteroatoms. The quantitative estimate of drug-likeness (QED) is 0.530. The molecule has 2 aromatic carbocycles. The van der Waals surface area contributed by atoms with Crippen LogP contribution in [0, 0.1) is 0 Å². The third kappa shape index (κ3) is 3.94. The second-order valence-electron chi connectivity index (χ2n) is 5.82. The maximum absolute atomic E-state index is 11.6. The van der Waals surface area contributed by atoms with Crippen molar-refractivity contribution in [1.82, 2.24) is 4.98 Å². The van der Waals surface area contributed by atoms with Gasteiger partial charge in [0, 0.05) is 28.2 Å². The number of pyridine rings is 1. The Morgan fingerprint density at radius 3 is 2.54 bits per heavy atom. The van der Waals surface area contributed by atoms with Gasteiger partial charge < -0.3 is 20.6 Å². The van der Waals surface area contributed by atoms with Crippen LogP contribution < -0.4 is 5.32 Å². The normalized spacial score (nSPS) is 12.1. The van der Waals surface area contributed by atoms with Crippen molar-refractivity contribution in [1.29, 1.82) is 0 Å². The van der Waals surface area contributed by atoms with Crippen LogP contribution in [0.1, 0.15) is 10.4 Å². The van der Waals surface area contributed by atoms with E-state index >= 15 is 0 Å². The van der Waals surface area contributed by atoms with Crippen molar-refractivity contribution < 1.29 is 20.1 Å². The molecule has 3 aromatic rings. The van der Waals surface area contributed by atoms with Crippen LogP contribution in [0.3, 0.4) is 0 Å². The van der Waals surface area contributed by atoms with Crippen molar-refractivity contribution in [2.45, 2.75) is 6.10 Å². The second kappa shape index (κ2) is 7.70. The van der Waals surface area contributed by atoms with Gasteiger partial charge in [-0.25, -0.2) is 9.78 Å². The smallest absolute Gasteiger partial charge is 0.336 e. The molecule has 0 spiro atoms. The number of aliphatic hydroxyl groups is 2. The summed E-state index contributed by atoms with van der Waals surface area (Å²) < 4.78 is 0. The number of aromatic carboxylic acids is 1. The topological polar surface area (TPSA) is 103 Å². The van der Waals surface area contributed by atoms with E-state index in [1.165, 1.54) is 6.07 Å². The minimum atomic E-state index is -1.04. The third-order valence-electron chi connectivity index (χ3n) is 3.93. The van der Waals surface area contributed by atoms with E-state index in [1.54, 1.807) is 30.3 Å². The second-order valence-corrected chi connectivity index (χ2v) is 6.25. The molecular formula is C19H17ClN2O4. The largest absolute Gasteiger partial charge is 0.478 e. The maximum Gasteiger partial charge on any atom is 0.336 e. The van der Waals surface area contributed by atoms with E-state index in [2.05, 4.69) is 10.3 Å². The predicted molar refractivity (Wildman–Crippen MR) is 101 cm³/mol. The van der Waals surface area contributed by atoms with Crippen LogP contribution >= 0.6 is 11.6 Å². The fourth-order valence-electron chi connectivity index (χ4n) is 2.58. The summed E-state index contributed by atoms with van der Waals surface area (Å²) in [6, 6.07) is 13.7. The maximum atomic E-state index is 11.6. The van der Waals surface area contributed by atoms with Crippen LogP contribution in [0.4, 0.5) is 5.69 Å². The molecule has 134 valence electrons. The number of nitrogens with zero attached hydrogens (tertiary/aromatic N) is 1. The van der Waals surface area contributed by atoms with Crippen LogP contribution in [-0.2, 0) is 0 Å². The number of hydrogen-bond donors (Lipinski definition) is 4. The molecule has 26 heavy (non-hydrogen) atoms. The predicted octanol–water partition coefficient (Wildman–Crippen LogP) is 3.02. The molecule has 0 bridgehead atoms. The number of aliphatic hydroxyl groups excluding tert-OH is 2. The van der Waals surface area contributed by atoms with Gasteiger partial charge in [-0.3, -0.25) is 0 Å². The van der Waals surface area contributed by atoms with Crippen LogP contribution in [0.25, 0.3) is 22.2 Å². The van der Waals surface area contributed by atoms with Gasteiger partial charge in [-0.1, -0.05) is 23.7 Å². The fourth-order valence-corrected chi connectivity index (χ4v) is 2.75. The molecule has 4 N–H and O–H groups in total. The van der Waals surface area contributed by atoms with Crippen molar-refractivity contribution >= 4 is 34.2 Å². The van der Waals surface area contributed by atoms with Crippen molar-refractivity contribution in [3.8, 4) is 11.3 Å². The Kier molecular flexibility index (Phi) is 5.37. The molecule has 0 fully saturated rings. The monoisotopic (exact) mass is 372 g/mol. The molecule has 0 aliphatic heterocycles.